The topological polar surface area (TPSA) is 85.5 Å². The van der Waals surface area contributed by atoms with E-state index < -0.39 is 10.0 Å². The molecule has 0 saturated heterocycles. The van der Waals surface area contributed by atoms with Gasteiger partial charge >= 0.3 is 0 Å². The molecule has 8 heteroatoms. The molecule has 2 aromatic rings. The fourth-order valence-corrected chi connectivity index (χ4v) is 3.10. The SMILES string of the molecule is Cc1cc2c(cc1C)OC(c1nc(CS(=O)(=O)N(C)C)no1)C2. The monoisotopic (exact) mass is 337 g/mol. The molecule has 0 N–H and O–H groups in total. The number of fused-ring (bicyclic) bond motifs is 1. The van der Waals surface area contributed by atoms with Crippen molar-refractivity contribution in [2.24, 2.45) is 0 Å². The fraction of sp³-hybridized carbons (Fsp3) is 0.467. The molecule has 2 heterocycles. The zero-order valence-electron chi connectivity index (χ0n) is 13.5. The summed E-state index contributed by atoms with van der Waals surface area (Å²) in [4.78, 5) is 4.18. The lowest BCUT2D eigenvalue weighted by Crippen LogP contribution is -2.24. The summed E-state index contributed by atoms with van der Waals surface area (Å²) in [5.41, 5.74) is 3.46. The van der Waals surface area contributed by atoms with Gasteiger partial charge in [-0.1, -0.05) is 11.2 Å². The first kappa shape index (κ1) is 15.9. The van der Waals surface area contributed by atoms with Gasteiger partial charge in [0.15, 0.2) is 11.9 Å². The number of aromatic nitrogens is 2. The van der Waals surface area contributed by atoms with Crippen molar-refractivity contribution >= 4 is 10.0 Å². The summed E-state index contributed by atoms with van der Waals surface area (Å²) < 4.78 is 35.9. The van der Waals surface area contributed by atoms with Crippen LogP contribution in [0.5, 0.6) is 5.75 Å². The molecule has 1 aliphatic heterocycles. The lowest BCUT2D eigenvalue weighted by Gasteiger charge is -2.08. The van der Waals surface area contributed by atoms with E-state index in [9.17, 15) is 8.42 Å². The second-order valence-corrected chi connectivity index (χ2v) is 8.13. The maximum atomic E-state index is 11.9. The van der Waals surface area contributed by atoms with Crippen LogP contribution in [0.3, 0.4) is 0 Å². The minimum Gasteiger partial charge on any atom is -0.480 e. The third-order valence-corrected chi connectivity index (χ3v) is 5.71. The van der Waals surface area contributed by atoms with Crippen molar-refractivity contribution in [2.75, 3.05) is 14.1 Å². The van der Waals surface area contributed by atoms with Gasteiger partial charge in [-0.3, -0.25) is 0 Å². The molecule has 0 radical (unpaired) electrons. The van der Waals surface area contributed by atoms with Gasteiger partial charge in [-0.2, -0.15) is 4.98 Å². The average molecular weight is 337 g/mol. The molecular weight excluding hydrogens is 318 g/mol. The smallest absolute Gasteiger partial charge is 0.268 e. The minimum atomic E-state index is -3.42. The third-order valence-electron chi connectivity index (χ3n) is 3.98. The molecule has 1 atom stereocenters. The van der Waals surface area contributed by atoms with Crippen LogP contribution in [-0.4, -0.2) is 37.0 Å². The summed E-state index contributed by atoms with van der Waals surface area (Å²) in [5, 5.41) is 3.75. The Kier molecular flexibility index (Phi) is 3.89. The molecule has 1 aromatic carbocycles. The number of aryl methyl sites for hydroxylation is 2. The molecule has 0 amide bonds. The highest BCUT2D eigenvalue weighted by Gasteiger charge is 2.30. The average Bonchev–Trinajstić information content (AvgIpc) is 3.05. The van der Waals surface area contributed by atoms with E-state index in [0.29, 0.717) is 12.3 Å². The number of rotatable bonds is 4. The second-order valence-electron chi connectivity index (χ2n) is 5.94. The maximum absolute atomic E-state index is 11.9. The predicted octanol–water partition coefficient (Wildman–Crippen LogP) is 1.75. The molecule has 7 nitrogen and oxygen atoms in total. The van der Waals surface area contributed by atoms with Crippen LogP contribution in [0, 0.1) is 13.8 Å². The normalized spacial score (nSPS) is 17.3. The molecule has 0 bridgehead atoms. The van der Waals surface area contributed by atoms with E-state index in [1.165, 1.54) is 19.7 Å². The van der Waals surface area contributed by atoms with Gasteiger partial charge in [-0.15, -0.1) is 0 Å². The van der Waals surface area contributed by atoms with E-state index in [1.807, 2.05) is 13.0 Å². The molecule has 1 aliphatic rings. The lowest BCUT2D eigenvalue weighted by atomic mass is 10.0. The summed E-state index contributed by atoms with van der Waals surface area (Å²) in [6.07, 6.45) is 0.271. The number of sulfonamides is 1. The number of nitrogens with zero attached hydrogens (tertiary/aromatic N) is 3. The van der Waals surface area contributed by atoms with E-state index in [2.05, 4.69) is 23.1 Å². The summed E-state index contributed by atoms with van der Waals surface area (Å²) in [6, 6.07) is 4.09. The van der Waals surface area contributed by atoms with E-state index in [1.54, 1.807) is 0 Å². The van der Waals surface area contributed by atoms with Crippen molar-refractivity contribution < 1.29 is 17.7 Å². The number of ether oxygens (including phenoxy) is 1. The molecule has 0 spiro atoms. The Bertz CT molecular complexity index is 811. The van der Waals surface area contributed by atoms with Crippen molar-refractivity contribution in [3.8, 4) is 5.75 Å². The number of hydrogen-bond donors (Lipinski definition) is 0. The minimum absolute atomic E-state index is 0.139. The Hall–Kier alpha value is -1.93. The van der Waals surface area contributed by atoms with Crippen LogP contribution in [0.4, 0.5) is 0 Å². The second kappa shape index (κ2) is 5.61. The van der Waals surface area contributed by atoms with Crippen molar-refractivity contribution in [1.29, 1.82) is 0 Å². The molecular formula is C15H19N3O4S. The van der Waals surface area contributed by atoms with Gasteiger partial charge in [0.1, 0.15) is 11.5 Å². The largest absolute Gasteiger partial charge is 0.480 e. The Balaban J connectivity index is 1.78. The lowest BCUT2D eigenvalue weighted by molar-refractivity contribution is 0.183. The fourth-order valence-electron chi connectivity index (χ4n) is 2.40. The van der Waals surface area contributed by atoms with Crippen molar-refractivity contribution in [3.05, 3.63) is 40.5 Å². The van der Waals surface area contributed by atoms with Crippen LogP contribution in [-0.2, 0) is 22.2 Å². The van der Waals surface area contributed by atoms with Crippen molar-refractivity contribution in [2.45, 2.75) is 32.1 Å². The van der Waals surface area contributed by atoms with Gasteiger partial charge in [0.05, 0.1) is 0 Å². The summed E-state index contributed by atoms with van der Waals surface area (Å²) in [6.45, 7) is 4.09. The number of benzene rings is 1. The molecule has 23 heavy (non-hydrogen) atoms. The quantitative estimate of drug-likeness (QED) is 0.845. The van der Waals surface area contributed by atoms with Gasteiger partial charge in [0.2, 0.25) is 10.0 Å². The zero-order valence-corrected chi connectivity index (χ0v) is 14.3. The standard InChI is InChI=1S/C15H19N3O4S/c1-9-5-11-7-13(21-12(11)6-10(9)2)15-16-14(17-22-15)8-23(19,20)18(3)4/h5-6,13H,7-8H2,1-4H3. The predicted molar refractivity (Wildman–Crippen MR) is 83.6 cm³/mol. The van der Waals surface area contributed by atoms with Crippen LogP contribution >= 0.6 is 0 Å². The summed E-state index contributed by atoms with van der Waals surface area (Å²) in [7, 11) is -0.479. The highest BCUT2D eigenvalue weighted by atomic mass is 32.2. The molecule has 124 valence electrons. The van der Waals surface area contributed by atoms with E-state index in [4.69, 9.17) is 9.26 Å². The van der Waals surface area contributed by atoms with Gasteiger partial charge < -0.3 is 9.26 Å². The van der Waals surface area contributed by atoms with Crippen LogP contribution in [0.25, 0.3) is 0 Å². The van der Waals surface area contributed by atoms with Gasteiger partial charge in [0.25, 0.3) is 5.89 Å². The molecule has 0 saturated carbocycles. The summed E-state index contributed by atoms with van der Waals surface area (Å²) in [5.74, 6) is 0.973. The Morgan fingerprint density at radius 3 is 2.65 bits per heavy atom. The van der Waals surface area contributed by atoms with Crippen LogP contribution in [0.1, 0.15) is 34.5 Å². The van der Waals surface area contributed by atoms with E-state index in [0.717, 1.165) is 21.2 Å². The van der Waals surface area contributed by atoms with Gasteiger partial charge in [-0.05, 0) is 36.6 Å². The van der Waals surface area contributed by atoms with Gasteiger partial charge in [0, 0.05) is 20.5 Å². The van der Waals surface area contributed by atoms with Crippen molar-refractivity contribution in [1.82, 2.24) is 14.4 Å². The van der Waals surface area contributed by atoms with E-state index >= 15 is 0 Å². The molecule has 0 aliphatic carbocycles. The van der Waals surface area contributed by atoms with Gasteiger partial charge in [-0.25, -0.2) is 12.7 Å². The Morgan fingerprint density at radius 1 is 1.26 bits per heavy atom. The Labute approximate surface area is 135 Å². The molecule has 3 rings (SSSR count). The first-order valence-electron chi connectivity index (χ1n) is 7.26. The first-order chi connectivity index (χ1) is 10.8. The highest BCUT2D eigenvalue weighted by Crippen LogP contribution is 2.37. The molecule has 1 aromatic heterocycles. The molecule has 1 unspecified atom stereocenters. The first-order valence-corrected chi connectivity index (χ1v) is 8.86. The van der Waals surface area contributed by atoms with Crippen LogP contribution in [0.15, 0.2) is 16.7 Å². The van der Waals surface area contributed by atoms with Crippen molar-refractivity contribution in [3.63, 3.8) is 0 Å². The highest BCUT2D eigenvalue weighted by molar-refractivity contribution is 7.88. The third kappa shape index (κ3) is 3.09. The Morgan fingerprint density at radius 2 is 1.96 bits per heavy atom. The van der Waals surface area contributed by atoms with Crippen LogP contribution in [0.2, 0.25) is 0 Å². The van der Waals surface area contributed by atoms with Crippen LogP contribution < -0.4 is 4.74 Å². The maximum Gasteiger partial charge on any atom is 0.268 e. The summed E-state index contributed by atoms with van der Waals surface area (Å²) >= 11 is 0. The number of hydrogen-bond acceptors (Lipinski definition) is 6. The zero-order chi connectivity index (χ0) is 16.8. The van der Waals surface area contributed by atoms with E-state index in [-0.39, 0.29) is 17.7 Å². The molecule has 0 fully saturated rings.